The first-order valence-electron chi connectivity index (χ1n) is 7.69. The fourth-order valence-corrected chi connectivity index (χ4v) is 3.45. The zero-order chi connectivity index (χ0) is 18.1. The summed E-state index contributed by atoms with van der Waals surface area (Å²) in [4.78, 5) is 21.2. The summed E-state index contributed by atoms with van der Waals surface area (Å²) in [5.74, 6) is 0.307. The maximum atomic E-state index is 11.7. The monoisotopic (exact) mass is 384 g/mol. The van der Waals surface area contributed by atoms with Gasteiger partial charge in [-0.15, -0.1) is 11.3 Å². The van der Waals surface area contributed by atoms with Gasteiger partial charge < -0.3 is 10.6 Å². The van der Waals surface area contributed by atoms with Gasteiger partial charge in [0.15, 0.2) is 0 Å². The first-order valence-corrected chi connectivity index (χ1v) is 8.95. The highest BCUT2D eigenvalue weighted by Crippen LogP contribution is 2.25. The van der Waals surface area contributed by atoms with Gasteiger partial charge in [-0.2, -0.15) is 5.10 Å². The van der Waals surface area contributed by atoms with Gasteiger partial charge in [-0.25, -0.2) is 14.6 Å². The molecular weight excluding hydrogens is 372 g/mol. The Bertz CT molecular complexity index is 1110. The topological polar surface area (TPSA) is 84.7 Å². The highest BCUT2D eigenvalue weighted by atomic mass is 35.5. The molecule has 2 N–H and O–H groups in total. The Kier molecular flexibility index (Phi) is 4.27. The number of aromatic nitrogens is 4. The van der Waals surface area contributed by atoms with E-state index in [1.807, 2.05) is 23.6 Å². The van der Waals surface area contributed by atoms with Crippen LogP contribution in [0.1, 0.15) is 9.67 Å². The van der Waals surface area contributed by atoms with E-state index in [1.54, 1.807) is 36.3 Å². The van der Waals surface area contributed by atoms with E-state index in [2.05, 4.69) is 25.7 Å². The second kappa shape index (κ2) is 6.74. The van der Waals surface area contributed by atoms with Crippen LogP contribution in [-0.2, 0) is 0 Å². The molecule has 0 aliphatic carbocycles. The number of nitrogens with one attached hydrogen (secondary N) is 2. The fourth-order valence-electron chi connectivity index (χ4n) is 2.45. The molecule has 9 heteroatoms. The highest BCUT2D eigenvalue weighted by molar-refractivity contribution is 7.12. The first-order chi connectivity index (χ1) is 12.7. The van der Waals surface area contributed by atoms with E-state index in [0.717, 1.165) is 16.9 Å². The molecule has 130 valence electrons. The average Bonchev–Trinajstić information content (AvgIpc) is 3.29. The van der Waals surface area contributed by atoms with E-state index in [0.29, 0.717) is 21.4 Å². The molecular formula is C17H13ClN6OS. The number of hydrogen-bond donors (Lipinski definition) is 2. The van der Waals surface area contributed by atoms with Gasteiger partial charge in [0.05, 0.1) is 33.7 Å². The van der Waals surface area contributed by atoms with Crippen LogP contribution in [0.5, 0.6) is 0 Å². The molecule has 0 unspecified atom stereocenters. The average molecular weight is 385 g/mol. The van der Waals surface area contributed by atoms with Crippen LogP contribution in [0.25, 0.3) is 16.7 Å². The molecule has 1 aromatic carbocycles. The Morgan fingerprint density at radius 2 is 2.12 bits per heavy atom. The number of hydrogen-bond acceptors (Lipinski definition) is 6. The second-order valence-electron chi connectivity index (χ2n) is 5.37. The molecule has 0 saturated carbocycles. The zero-order valence-electron chi connectivity index (χ0n) is 13.6. The highest BCUT2D eigenvalue weighted by Gasteiger charge is 2.13. The third-order valence-electron chi connectivity index (χ3n) is 3.72. The molecule has 4 rings (SSSR count). The Labute approximate surface area is 157 Å². The number of halogens is 1. The number of nitrogens with zero attached hydrogens (tertiary/aromatic N) is 4. The van der Waals surface area contributed by atoms with E-state index >= 15 is 0 Å². The van der Waals surface area contributed by atoms with E-state index < -0.39 is 0 Å². The molecule has 0 saturated heterocycles. The third kappa shape index (κ3) is 3.00. The molecule has 7 nitrogen and oxygen atoms in total. The molecule has 0 radical (unpaired) electrons. The maximum Gasteiger partial charge on any atom is 0.261 e. The minimum absolute atomic E-state index is 0.125. The van der Waals surface area contributed by atoms with Crippen molar-refractivity contribution in [2.45, 2.75) is 0 Å². The summed E-state index contributed by atoms with van der Waals surface area (Å²) in [7, 11) is 1.60. The van der Waals surface area contributed by atoms with Crippen LogP contribution in [0.2, 0.25) is 5.02 Å². The van der Waals surface area contributed by atoms with Gasteiger partial charge in [0, 0.05) is 12.4 Å². The van der Waals surface area contributed by atoms with Crippen molar-refractivity contribution in [2.75, 3.05) is 12.4 Å². The number of thiophene rings is 1. The van der Waals surface area contributed by atoms with E-state index in [-0.39, 0.29) is 5.91 Å². The van der Waals surface area contributed by atoms with Crippen LogP contribution in [-0.4, -0.2) is 32.7 Å². The van der Waals surface area contributed by atoms with Crippen molar-refractivity contribution in [3.05, 3.63) is 58.0 Å². The number of carbonyl (C=O) groups is 1. The standard InChI is InChI=1S/C17H13ClN6OS/c1-19-16(25)15-6-10(9-26-15)24-14-8-20-17(23-13(14)7-21-24)22-12-5-3-2-4-11(12)18/h2-9H,1H3,(H,19,25)(H,20,22,23). The van der Waals surface area contributed by atoms with Crippen molar-refractivity contribution in [3.8, 4) is 5.69 Å². The molecule has 4 aromatic rings. The zero-order valence-corrected chi connectivity index (χ0v) is 15.2. The largest absolute Gasteiger partial charge is 0.354 e. The number of para-hydroxylation sites is 1. The summed E-state index contributed by atoms with van der Waals surface area (Å²) in [5, 5.41) is 12.5. The third-order valence-corrected chi connectivity index (χ3v) is 4.97. The summed E-state index contributed by atoms with van der Waals surface area (Å²) in [6.07, 6.45) is 3.35. The molecule has 0 fully saturated rings. The maximum absolute atomic E-state index is 11.7. The van der Waals surface area contributed by atoms with E-state index in [4.69, 9.17) is 11.6 Å². The van der Waals surface area contributed by atoms with Crippen molar-refractivity contribution in [3.63, 3.8) is 0 Å². The summed E-state index contributed by atoms with van der Waals surface area (Å²) >= 11 is 7.51. The number of anilines is 2. The van der Waals surface area contributed by atoms with Gasteiger partial charge in [0.1, 0.15) is 11.0 Å². The smallest absolute Gasteiger partial charge is 0.261 e. The molecule has 0 spiro atoms. The van der Waals surface area contributed by atoms with Gasteiger partial charge >= 0.3 is 0 Å². The molecule has 0 bridgehead atoms. The van der Waals surface area contributed by atoms with Crippen molar-refractivity contribution in [2.24, 2.45) is 0 Å². The molecule has 3 heterocycles. The van der Waals surface area contributed by atoms with Crippen molar-refractivity contribution in [1.82, 2.24) is 25.1 Å². The minimum Gasteiger partial charge on any atom is -0.354 e. The van der Waals surface area contributed by atoms with Crippen LogP contribution in [0.3, 0.4) is 0 Å². The molecule has 3 aromatic heterocycles. The summed E-state index contributed by atoms with van der Waals surface area (Å²) < 4.78 is 1.71. The van der Waals surface area contributed by atoms with Crippen LogP contribution in [0, 0.1) is 0 Å². The fraction of sp³-hybridized carbons (Fsp3) is 0.0588. The molecule has 0 aliphatic heterocycles. The SMILES string of the molecule is CNC(=O)c1cc(-n2ncc3nc(Nc4ccccc4Cl)ncc32)cs1. The van der Waals surface area contributed by atoms with Gasteiger partial charge in [-0.3, -0.25) is 4.79 Å². The van der Waals surface area contributed by atoms with Crippen molar-refractivity contribution < 1.29 is 4.79 Å². The lowest BCUT2D eigenvalue weighted by Gasteiger charge is -2.06. The van der Waals surface area contributed by atoms with E-state index in [9.17, 15) is 4.79 Å². The minimum atomic E-state index is -0.125. The lowest BCUT2D eigenvalue weighted by molar-refractivity contribution is 0.0967. The number of benzene rings is 1. The Hall–Kier alpha value is -2.97. The summed E-state index contributed by atoms with van der Waals surface area (Å²) in [6.45, 7) is 0. The van der Waals surface area contributed by atoms with Crippen LogP contribution < -0.4 is 10.6 Å². The van der Waals surface area contributed by atoms with Gasteiger partial charge in [0.2, 0.25) is 5.95 Å². The number of amides is 1. The molecule has 1 amide bonds. The Morgan fingerprint density at radius 3 is 2.92 bits per heavy atom. The summed E-state index contributed by atoms with van der Waals surface area (Å²) in [6, 6.07) is 9.17. The van der Waals surface area contributed by atoms with Gasteiger partial charge in [-0.05, 0) is 18.2 Å². The molecule has 26 heavy (non-hydrogen) atoms. The van der Waals surface area contributed by atoms with Gasteiger partial charge in [-0.1, -0.05) is 23.7 Å². The van der Waals surface area contributed by atoms with Crippen LogP contribution in [0.4, 0.5) is 11.6 Å². The predicted molar refractivity (Wildman–Crippen MR) is 103 cm³/mol. The summed E-state index contributed by atoms with van der Waals surface area (Å²) in [5.41, 5.74) is 2.95. The van der Waals surface area contributed by atoms with E-state index in [1.165, 1.54) is 11.3 Å². The molecule has 0 aliphatic rings. The quantitative estimate of drug-likeness (QED) is 0.561. The molecule has 0 atom stereocenters. The lowest BCUT2D eigenvalue weighted by atomic mass is 10.3. The Balaban J connectivity index is 1.66. The number of fused-ring (bicyclic) bond motifs is 1. The first kappa shape index (κ1) is 16.5. The predicted octanol–water partition coefficient (Wildman–Crippen LogP) is 3.63. The normalized spacial score (nSPS) is 10.8. The second-order valence-corrected chi connectivity index (χ2v) is 6.69. The lowest BCUT2D eigenvalue weighted by Crippen LogP contribution is -2.16. The number of carbonyl (C=O) groups excluding carboxylic acids is 1. The van der Waals surface area contributed by atoms with Crippen molar-refractivity contribution >= 4 is 51.5 Å². The number of rotatable bonds is 4. The van der Waals surface area contributed by atoms with Gasteiger partial charge in [0.25, 0.3) is 5.91 Å². The Morgan fingerprint density at radius 1 is 1.27 bits per heavy atom. The van der Waals surface area contributed by atoms with Crippen LogP contribution in [0.15, 0.2) is 48.1 Å². The van der Waals surface area contributed by atoms with Crippen LogP contribution >= 0.6 is 22.9 Å². The van der Waals surface area contributed by atoms with Crippen molar-refractivity contribution in [1.29, 1.82) is 0 Å².